The van der Waals surface area contributed by atoms with Crippen molar-refractivity contribution in [1.29, 1.82) is 0 Å². The van der Waals surface area contributed by atoms with Crippen LogP contribution in [0.25, 0.3) is 22.7 Å². The lowest BCUT2D eigenvalue weighted by molar-refractivity contribution is -0.138. The molecule has 9 nitrogen and oxygen atoms in total. The first-order chi connectivity index (χ1) is 21.3. The molecule has 1 amide bonds. The highest BCUT2D eigenvalue weighted by atomic mass is 79.9. The predicted molar refractivity (Wildman–Crippen MR) is 162 cm³/mol. The first kappa shape index (κ1) is 30.7. The molecular formula is C31H28BrF4N7O2. The molecule has 0 saturated heterocycles. The zero-order valence-electron chi connectivity index (χ0n) is 24.8. The van der Waals surface area contributed by atoms with E-state index in [4.69, 9.17) is 4.98 Å². The number of amides is 1. The Kier molecular flexibility index (Phi) is 7.66. The standard InChI is InChI=1S/C31H28BrF4N7O2/c1-5-18-11-19(6-2)43(39-18)30-38-26-14-41(28(44)17-7-8-23(32)22(10-17)31(34,35)36)16(3)9-21(26)29(45)42(30)20-12-24(33)27-25(13-20)37-15-40(27)4/h7-8,10-13,15-16H,5-6,9,14H2,1-4H3. The summed E-state index contributed by atoms with van der Waals surface area (Å²) in [4.78, 5) is 38.5. The van der Waals surface area contributed by atoms with E-state index in [-0.39, 0.29) is 40.2 Å². The van der Waals surface area contributed by atoms with Crippen molar-refractivity contribution < 1.29 is 22.4 Å². The molecule has 1 atom stereocenters. The van der Waals surface area contributed by atoms with Crippen molar-refractivity contribution in [1.82, 2.24) is 33.8 Å². The van der Waals surface area contributed by atoms with Gasteiger partial charge >= 0.3 is 6.18 Å². The number of alkyl halides is 3. The molecule has 1 aliphatic heterocycles. The topological polar surface area (TPSA) is 90.8 Å². The fourth-order valence-electron chi connectivity index (χ4n) is 5.76. The average Bonchev–Trinajstić information content (AvgIpc) is 3.59. The van der Waals surface area contributed by atoms with Crippen molar-refractivity contribution in [3.05, 3.63) is 97.1 Å². The van der Waals surface area contributed by atoms with E-state index in [0.717, 1.165) is 17.5 Å². The van der Waals surface area contributed by atoms with Crippen LogP contribution in [0, 0.1) is 5.82 Å². The van der Waals surface area contributed by atoms with Gasteiger partial charge in [0.05, 0.1) is 41.0 Å². The smallest absolute Gasteiger partial charge is 0.331 e. The van der Waals surface area contributed by atoms with Crippen molar-refractivity contribution in [3.8, 4) is 11.6 Å². The number of carbonyl (C=O) groups excluding carboxylic acids is 1. The van der Waals surface area contributed by atoms with E-state index < -0.39 is 35.1 Å². The van der Waals surface area contributed by atoms with Crippen LogP contribution in [0.15, 0.2) is 52.0 Å². The Morgan fingerprint density at radius 2 is 1.87 bits per heavy atom. The Hall–Kier alpha value is -4.33. The molecule has 1 unspecified atom stereocenters. The Bertz CT molecular complexity index is 2050. The molecule has 234 valence electrons. The molecule has 0 spiro atoms. The van der Waals surface area contributed by atoms with E-state index in [1.54, 1.807) is 29.3 Å². The SMILES string of the molecule is CCc1cc(CC)n(-c2nc3c(c(=O)n2-c2cc(F)c4c(c2)ncn4C)CC(C)N(C(=O)c2ccc(Br)c(C(F)(F)F)c2)C3)n1. The van der Waals surface area contributed by atoms with Gasteiger partial charge in [-0.25, -0.2) is 23.6 Å². The van der Waals surface area contributed by atoms with Crippen molar-refractivity contribution >= 4 is 32.9 Å². The number of hydrogen-bond acceptors (Lipinski definition) is 5. The van der Waals surface area contributed by atoms with Gasteiger partial charge in [-0.05, 0) is 56.5 Å². The minimum atomic E-state index is -4.66. The zero-order valence-corrected chi connectivity index (χ0v) is 26.4. The van der Waals surface area contributed by atoms with E-state index in [0.29, 0.717) is 29.6 Å². The van der Waals surface area contributed by atoms with Gasteiger partial charge < -0.3 is 9.47 Å². The van der Waals surface area contributed by atoms with Gasteiger partial charge in [0, 0.05) is 40.4 Å². The van der Waals surface area contributed by atoms with Gasteiger partial charge in [0.1, 0.15) is 5.52 Å². The lowest BCUT2D eigenvalue weighted by Crippen LogP contribution is -2.46. The van der Waals surface area contributed by atoms with Crippen LogP contribution in [0.5, 0.6) is 0 Å². The molecule has 0 aliphatic carbocycles. The monoisotopic (exact) mass is 685 g/mol. The fraction of sp³-hybridized carbons (Fsp3) is 0.323. The van der Waals surface area contributed by atoms with Crippen molar-refractivity contribution in [2.45, 2.75) is 58.8 Å². The molecule has 0 fully saturated rings. The molecule has 3 aromatic heterocycles. The van der Waals surface area contributed by atoms with Crippen molar-refractivity contribution in [2.24, 2.45) is 7.05 Å². The third-order valence-corrected chi connectivity index (χ3v) is 8.82. The molecule has 5 aromatic rings. The molecule has 14 heteroatoms. The number of hydrogen-bond donors (Lipinski definition) is 0. The lowest BCUT2D eigenvalue weighted by atomic mass is 9.98. The highest BCUT2D eigenvalue weighted by molar-refractivity contribution is 9.10. The van der Waals surface area contributed by atoms with E-state index in [1.165, 1.54) is 34.0 Å². The molecular weight excluding hydrogens is 658 g/mol. The van der Waals surface area contributed by atoms with Crippen molar-refractivity contribution in [2.75, 3.05) is 0 Å². The summed E-state index contributed by atoms with van der Waals surface area (Å²) < 4.78 is 60.4. The number of nitrogens with zero attached hydrogens (tertiary/aromatic N) is 7. The van der Waals surface area contributed by atoms with Gasteiger partial charge in [0.15, 0.2) is 5.82 Å². The van der Waals surface area contributed by atoms with Gasteiger partial charge in [-0.1, -0.05) is 29.8 Å². The number of carbonyl (C=O) groups is 1. The van der Waals surface area contributed by atoms with E-state index in [1.807, 2.05) is 19.9 Å². The normalized spacial score (nSPS) is 15.1. The molecule has 6 rings (SSSR count). The number of aromatic nitrogens is 6. The number of fused-ring (bicyclic) bond motifs is 2. The summed E-state index contributed by atoms with van der Waals surface area (Å²) in [5, 5.41) is 4.68. The average molecular weight is 687 g/mol. The predicted octanol–water partition coefficient (Wildman–Crippen LogP) is 5.94. The van der Waals surface area contributed by atoms with Crippen LogP contribution in [0.4, 0.5) is 17.6 Å². The summed E-state index contributed by atoms with van der Waals surface area (Å²) in [7, 11) is 1.67. The zero-order chi connectivity index (χ0) is 32.4. The number of rotatable bonds is 5. The Labute approximate surface area is 263 Å². The highest BCUT2D eigenvalue weighted by Gasteiger charge is 2.36. The van der Waals surface area contributed by atoms with Gasteiger partial charge in [-0.15, -0.1) is 0 Å². The summed E-state index contributed by atoms with van der Waals surface area (Å²) in [6.07, 6.45) is -1.91. The second-order valence-corrected chi connectivity index (χ2v) is 11.9. The lowest BCUT2D eigenvalue weighted by Gasteiger charge is -2.34. The highest BCUT2D eigenvalue weighted by Crippen LogP contribution is 2.36. The number of imidazole rings is 1. The Morgan fingerprint density at radius 3 is 2.56 bits per heavy atom. The van der Waals surface area contributed by atoms with Gasteiger partial charge in [-0.3, -0.25) is 9.59 Å². The largest absolute Gasteiger partial charge is 0.417 e. The van der Waals surface area contributed by atoms with Crippen LogP contribution in [0.1, 0.15) is 59.3 Å². The maximum atomic E-state index is 15.4. The van der Waals surface area contributed by atoms with Crippen LogP contribution in [0.2, 0.25) is 0 Å². The Morgan fingerprint density at radius 1 is 1.11 bits per heavy atom. The van der Waals surface area contributed by atoms with Gasteiger partial charge in [-0.2, -0.15) is 18.3 Å². The molecule has 1 aliphatic rings. The van der Waals surface area contributed by atoms with E-state index in [9.17, 15) is 22.8 Å². The minimum absolute atomic E-state index is 0.0874. The Balaban J connectivity index is 1.52. The third-order valence-electron chi connectivity index (χ3n) is 8.13. The first-order valence-corrected chi connectivity index (χ1v) is 15.1. The first-order valence-electron chi connectivity index (χ1n) is 14.3. The second-order valence-electron chi connectivity index (χ2n) is 11.1. The fourth-order valence-corrected chi connectivity index (χ4v) is 6.23. The van der Waals surface area contributed by atoms with Crippen LogP contribution in [0.3, 0.4) is 0 Å². The maximum absolute atomic E-state index is 15.4. The molecule has 0 bridgehead atoms. The van der Waals surface area contributed by atoms with Crippen LogP contribution >= 0.6 is 15.9 Å². The summed E-state index contributed by atoms with van der Waals surface area (Å²) in [6, 6.07) is 7.56. The summed E-state index contributed by atoms with van der Waals surface area (Å²) in [5.74, 6) is -1.08. The van der Waals surface area contributed by atoms with Gasteiger partial charge in [0.2, 0.25) is 5.95 Å². The number of halogens is 5. The van der Waals surface area contributed by atoms with Crippen LogP contribution in [-0.4, -0.2) is 45.7 Å². The quantitative estimate of drug-likeness (QED) is 0.214. The van der Waals surface area contributed by atoms with Crippen molar-refractivity contribution in [3.63, 3.8) is 0 Å². The number of benzene rings is 2. The van der Waals surface area contributed by atoms with E-state index >= 15 is 4.39 Å². The molecule has 45 heavy (non-hydrogen) atoms. The molecule has 0 radical (unpaired) electrons. The summed E-state index contributed by atoms with van der Waals surface area (Å²) >= 11 is 2.92. The molecule has 2 aromatic carbocycles. The number of aryl methyl sites for hydroxylation is 3. The maximum Gasteiger partial charge on any atom is 0.417 e. The minimum Gasteiger partial charge on any atom is -0.331 e. The van der Waals surface area contributed by atoms with Crippen LogP contribution < -0.4 is 5.56 Å². The summed E-state index contributed by atoms with van der Waals surface area (Å²) in [5.41, 5.74) is 1.43. The second kappa shape index (κ2) is 11.2. The van der Waals surface area contributed by atoms with Gasteiger partial charge in [0.25, 0.3) is 11.5 Å². The van der Waals surface area contributed by atoms with E-state index in [2.05, 4.69) is 26.0 Å². The third kappa shape index (κ3) is 5.24. The molecule has 4 heterocycles. The van der Waals surface area contributed by atoms with Crippen LogP contribution in [-0.2, 0) is 39.0 Å². The molecule has 0 saturated carbocycles. The molecule has 0 N–H and O–H groups in total. The summed E-state index contributed by atoms with van der Waals surface area (Å²) in [6.45, 7) is 5.48.